The van der Waals surface area contributed by atoms with Crippen molar-refractivity contribution in [3.63, 3.8) is 0 Å². The van der Waals surface area contributed by atoms with Gasteiger partial charge in [0.15, 0.2) is 0 Å². The Morgan fingerprint density at radius 3 is 1.50 bits per heavy atom. The Balaban J connectivity index is -0.000000320. The molecule has 2 atom stereocenters. The van der Waals surface area contributed by atoms with Crippen LogP contribution >= 0.6 is 0 Å². The standard InChI is InChI=1S/C6H14O3.Na.H/c1-4(8)6(3-7)5(2)9;;/h4-9H,3H2,1-2H3;;/q;+1;-1. The van der Waals surface area contributed by atoms with Gasteiger partial charge in [0, 0.05) is 5.92 Å². The predicted molar refractivity (Wildman–Crippen MR) is 35.0 cm³/mol. The van der Waals surface area contributed by atoms with Crippen LogP contribution in [0.5, 0.6) is 0 Å². The van der Waals surface area contributed by atoms with Crippen LogP contribution in [-0.2, 0) is 0 Å². The quantitative estimate of drug-likeness (QED) is 0.373. The van der Waals surface area contributed by atoms with Gasteiger partial charge in [-0.3, -0.25) is 0 Å². The van der Waals surface area contributed by atoms with E-state index in [9.17, 15) is 0 Å². The van der Waals surface area contributed by atoms with Crippen LogP contribution in [0, 0.1) is 5.92 Å². The zero-order valence-corrected chi connectivity index (χ0v) is 8.78. The third-order valence-electron chi connectivity index (χ3n) is 1.45. The van der Waals surface area contributed by atoms with E-state index in [1.807, 2.05) is 0 Å². The van der Waals surface area contributed by atoms with E-state index in [1.54, 1.807) is 13.8 Å². The van der Waals surface area contributed by atoms with Crippen molar-refractivity contribution in [1.29, 1.82) is 0 Å². The first-order valence-corrected chi connectivity index (χ1v) is 3.06. The number of hydrogen-bond acceptors (Lipinski definition) is 3. The van der Waals surface area contributed by atoms with Gasteiger partial charge in [-0.05, 0) is 13.8 Å². The topological polar surface area (TPSA) is 60.7 Å². The Bertz CT molecular complexity index is 72.2. The van der Waals surface area contributed by atoms with E-state index in [4.69, 9.17) is 15.3 Å². The van der Waals surface area contributed by atoms with Crippen molar-refractivity contribution in [3.8, 4) is 0 Å². The first-order valence-electron chi connectivity index (χ1n) is 3.06. The largest absolute Gasteiger partial charge is 1.00 e. The summed E-state index contributed by atoms with van der Waals surface area (Å²) in [6.45, 7) is 2.93. The maximum atomic E-state index is 8.86. The molecule has 0 aliphatic rings. The second-order valence-electron chi connectivity index (χ2n) is 2.33. The molecule has 0 aromatic heterocycles. The van der Waals surface area contributed by atoms with Crippen LogP contribution in [0.3, 0.4) is 0 Å². The van der Waals surface area contributed by atoms with Crippen molar-refractivity contribution < 1.29 is 46.3 Å². The molecule has 3 nitrogen and oxygen atoms in total. The van der Waals surface area contributed by atoms with Gasteiger partial charge in [-0.15, -0.1) is 0 Å². The first-order chi connectivity index (χ1) is 4.09. The number of rotatable bonds is 3. The summed E-state index contributed by atoms with van der Waals surface area (Å²) in [5.41, 5.74) is 0. The van der Waals surface area contributed by atoms with Crippen LogP contribution in [0.2, 0.25) is 0 Å². The zero-order chi connectivity index (χ0) is 7.44. The third kappa shape index (κ3) is 4.66. The van der Waals surface area contributed by atoms with Gasteiger partial charge in [-0.2, -0.15) is 0 Å². The molecule has 0 radical (unpaired) electrons. The molecule has 0 aromatic rings. The van der Waals surface area contributed by atoms with E-state index >= 15 is 0 Å². The molecule has 3 N–H and O–H groups in total. The summed E-state index contributed by atoms with van der Waals surface area (Å²) in [5.74, 6) is -0.412. The molecular weight excluding hydrogens is 143 g/mol. The molecule has 0 aliphatic heterocycles. The summed E-state index contributed by atoms with van der Waals surface area (Å²) in [6.07, 6.45) is -1.29. The van der Waals surface area contributed by atoms with E-state index in [1.165, 1.54) is 0 Å². The van der Waals surface area contributed by atoms with Crippen molar-refractivity contribution in [2.45, 2.75) is 26.1 Å². The van der Waals surface area contributed by atoms with Crippen LogP contribution in [0.25, 0.3) is 0 Å². The van der Waals surface area contributed by atoms with Gasteiger partial charge >= 0.3 is 29.6 Å². The Hall–Kier alpha value is 0.880. The monoisotopic (exact) mass is 158 g/mol. The normalized spacial score (nSPS) is 18.9. The molecule has 0 aliphatic carbocycles. The minimum Gasteiger partial charge on any atom is -1.00 e. The maximum absolute atomic E-state index is 8.86. The zero-order valence-electron chi connectivity index (χ0n) is 7.78. The van der Waals surface area contributed by atoms with Crippen LogP contribution < -0.4 is 29.6 Å². The molecule has 10 heavy (non-hydrogen) atoms. The molecule has 2 unspecified atom stereocenters. The second-order valence-corrected chi connectivity index (χ2v) is 2.33. The number of hydrogen-bond donors (Lipinski definition) is 3. The first kappa shape index (κ1) is 13.5. The van der Waals surface area contributed by atoms with E-state index < -0.39 is 18.1 Å². The SMILES string of the molecule is CC(O)C(CO)C(C)O.[H-].[Na+]. The second kappa shape index (κ2) is 6.58. The van der Waals surface area contributed by atoms with Crippen molar-refractivity contribution in [2.24, 2.45) is 5.92 Å². The Morgan fingerprint density at radius 2 is 1.50 bits per heavy atom. The Morgan fingerprint density at radius 1 is 1.20 bits per heavy atom. The fourth-order valence-corrected chi connectivity index (χ4v) is 0.708. The predicted octanol–water partition coefficient (Wildman–Crippen LogP) is -3.53. The number of aliphatic hydroxyl groups excluding tert-OH is 3. The minimum atomic E-state index is -0.644. The Labute approximate surface area is 84.8 Å². The van der Waals surface area contributed by atoms with E-state index in [0.29, 0.717) is 0 Å². The smallest absolute Gasteiger partial charge is 1.00 e. The molecule has 0 rings (SSSR count). The molecule has 0 heterocycles. The summed E-state index contributed by atoms with van der Waals surface area (Å²) in [5, 5.41) is 26.3. The van der Waals surface area contributed by atoms with Crippen LogP contribution in [-0.4, -0.2) is 34.1 Å². The van der Waals surface area contributed by atoms with Crippen LogP contribution in [0.4, 0.5) is 0 Å². The molecule has 0 bridgehead atoms. The maximum Gasteiger partial charge on any atom is 1.00 e. The molecule has 0 saturated heterocycles. The summed E-state index contributed by atoms with van der Waals surface area (Å²) >= 11 is 0. The average molecular weight is 158 g/mol. The minimum absolute atomic E-state index is 0. The molecular formula is C6H15NaO3. The van der Waals surface area contributed by atoms with Gasteiger partial charge in [0.1, 0.15) is 0 Å². The summed E-state index contributed by atoms with van der Waals surface area (Å²) in [7, 11) is 0. The van der Waals surface area contributed by atoms with Crippen LogP contribution in [0.1, 0.15) is 15.3 Å². The van der Waals surface area contributed by atoms with E-state index in [2.05, 4.69) is 0 Å². The molecule has 4 heteroatoms. The van der Waals surface area contributed by atoms with Gasteiger partial charge in [0.2, 0.25) is 0 Å². The van der Waals surface area contributed by atoms with Crippen molar-refractivity contribution in [3.05, 3.63) is 0 Å². The van der Waals surface area contributed by atoms with Gasteiger partial charge < -0.3 is 16.7 Å². The summed E-state index contributed by atoms with van der Waals surface area (Å²) in [6, 6.07) is 0. The summed E-state index contributed by atoms with van der Waals surface area (Å²) < 4.78 is 0. The third-order valence-corrected chi connectivity index (χ3v) is 1.45. The summed E-state index contributed by atoms with van der Waals surface area (Å²) in [4.78, 5) is 0. The van der Waals surface area contributed by atoms with E-state index in [-0.39, 0.29) is 37.6 Å². The fraction of sp³-hybridized carbons (Fsp3) is 1.00. The molecule has 0 spiro atoms. The Kier molecular flexibility index (Phi) is 8.86. The van der Waals surface area contributed by atoms with E-state index in [0.717, 1.165) is 0 Å². The van der Waals surface area contributed by atoms with Crippen molar-refractivity contribution in [1.82, 2.24) is 0 Å². The number of aliphatic hydroxyl groups is 3. The van der Waals surface area contributed by atoms with Gasteiger partial charge in [-0.1, -0.05) is 0 Å². The molecule has 0 aromatic carbocycles. The average Bonchev–Trinajstić information content (AvgIpc) is 1.64. The fourth-order valence-electron chi connectivity index (χ4n) is 0.708. The molecule has 58 valence electrons. The van der Waals surface area contributed by atoms with Crippen molar-refractivity contribution >= 4 is 0 Å². The molecule has 0 amide bonds. The van der Waals surface area contributed by atoms with Crippen LogP contribution in [0.15, 0.2) is 0 Å². The molecule has 0 saturated carbocycles. The molecule has 0 fully saturated rings. The van der Waals surface area contributed by atoms with Gasteiger partial charge in [0.25, 0.3) is 0 Å². The van der Waals surface area contributed by atoms with Crippen molar-refractivity contribution in [2.75, 3.05) is 6.61 Å². The van der Waals surface area contributed by atoms with Gasteiger partial charge in [0.05, 0.1) is 18.8 Å². The van der Waals surface area contributed by atoms with Gasteiger partial charge in [-0.25, -0.2) is 0 Å².